The lowest BCUT2D eigenvalue weighted by Crippen LogP contribution is -2.44. The Hall–Kier alpha value is -1.11. The maximum atomic E-state index is 13.1. The molecule has 0 aromatic heterocycles. The number of carbonyl (C=O) groups excluding carboxylic acids is 1. The third-order valence-corrected chi connectivity index (χ3v) is 4.73. The van der Waals surface area contributed by atoms with Crippen molar-refractivity contribution in [2.24, 2.45) is 17.3 Å². The first-order chi connectivity index (χ1) is 10.0. The lowest BCUT2D eigenvalue weighted by atomic mass is 9.63. The molecule has 1 heteroatoms. The maximum Gasteiger partial charge on any atom is 0.146 e. The summed E-state index contributed by atoms with van der Waals surface area (Å²) in [4.78, 5) is 13.1. The van der Waals surface area contributed by atoms with E-state index in [0.717, 1.165) is 5.56 Å². The maximum absolute atomic E-state index is 13.1. The van der Waals surface area contributed by atoms with Gasteiger partial charge in [0.05, 0.1) is 5.41 Å². The molecule has 0 N–H and O–H groups in total. The molecule has 0 aliphatic carbocycles. The van der Waals surface area contributed by atoms with Gasteiger partial charge in [0.2, 0.25) is 0 Å². The number of benzene rings is 1. The molecule has 1 rings (SSSR count). The number of hydrogen-bond acceptors (Lipinski definition) is 1. The van der Waals surface area contributed by atoms with Crippen LogP contribution in [-0.2, 0) is 10.2 Å². The summed E-state index contributed by atoms with van der Waals surface area (Å²) < 4.78 is 0. The summed E-state index contributed by atoms with van der Waals surface area (Å²) >= 11 is 0. The Morgan fingerprint density at radius 2 is 1.36 bits per heavy atom. The van der Waals surface area contributed by atoms with Crippen molar-refractivity contribution in [3.8, 4) is 0 Å². The molecule has 0 aliphatic rings. The number of Topliss-reactive ketones (excluding diaryl/α,β-unsaturated/α-hetero) is 1. The summed E-state index contributed by atoms with van der Waals surface area (Å²) in [7, 11) is 0. The number of hydrogen-bond donors (Lipinski definition) is 0. The van der Waals surface area contributed by atoms with Crippen LogP contribution in [0.25, 0.3) is 0 Å². The van der Waals surface area contributed by atoms with Gasteiger partial charge in [-0.05, 0) is 23.8 Å². The standard InChI is InChI=1S/C18H28O.C3H8/c1-13(2)18(7,15-11-9-8-10-12-15)16(19)14(3)17(4,5)6;1-3-2/h8-14H,1-7H3;3H2,1-2H3. The fourth-order valence-electron chi connectivity index (χ4n) is 2.39. The van der Waals surface area contributed by atoms with Gasteiger partial charge in [0.25, 0.3) is 0 Å². The first-order valence-electron chi connectivity index (χ1n) is 8.63. The van der Waals surface area contributed by atoms with Crippen molar-refractivity contribution in [3.05, 3.63) is 35.9 Å². The molecule has 126 valence electrons. The van der Waals surface area contributed by atoms with Crippen molar-refractivity contribution in [2.75, 3.05) is 0 Å². The fraction of sp³-hybridized carbons (Fsp3) is 0.667. The van der Waals surface area contributed by atoms with Gasteiger partial charge in [-0.25, -0.2) is 0 Å². The zero-order valence-corrected chi connectivity index (χ0v) is 16.2. The molecule has 0 heterocycles. The highest BCUT2D eigenvalue weighted by atomic mass is 16.1. The van der Waals surface area contributed by atoms with Crippen LogP contribution in [0.2, 0.25) is 0 Å². The molecule has 1 aromatic rings. The molecule has 0 saturated heterocycles. The van der Waals surface area contributed by atoms with E-state index in [-0.39, 0.29) is 17.3 Å². The Kier molecular flexibility index (Phi) is 8.07. The van der Waals surface area contributed by atoms with Gasteiger partial charge in [-0.3, -0.25) is 4.79 Å². The second-order valence-corrected chi connectivity index (χ2v) is 7.88. The van der Waals surface area contributed by atoms with Crippen molar-refractivity contribution in [3.63, 3.8) is 0 Å². The predicted octanol–water partition coefficient (Wildman–Crippen LogP) is 6.27. The smallest absolute Gasteiger partial charge is 0.146 e. The van der Waals surface area contributed by atoms with Crippen molar-refractivity contribution < 1.29 is 4.79 Å². The van der Waals surface area contributed by atoms with E-state index in [1.807, 2.05) is 18.2 Å². The van der Waals surface area contributed by atoms with Gasteiger partial charge in [0, 0.05) is 5.92 Å². The van der Waals surface area contributed by atoms with Crippen molar-refractivity contribution in [1.29, 1.82) is 0 Å². The monoisotopic (exact) mass is 304 g/mol. The molecule has 2 atom stereocenters. The van der Waals surface area contributed by atoms with Gasteiger partial charge in [0.15, 0.2) is 0 Å². The topological polar surface area (TPSA) is 17.1 Å². The summed E-state index contributed by atoms with van der Waals surface area (Å²) in [6.45, 7) is 19.1. The Balaban J connectivity index is 0.00000135. The lowest BCUT2D eigenvalue weighted by Gasteiger charge is -2.39. The van der Waals surface area contributed by atoms with Gasteiger partial charge in [-0.15, -0.1) is 0 Å². The van der Waals surface area contributed by atoms with Gasteiger partial charge < -0.3 is 0 Å². The van der Waals surface area contributed by atoms with Crippen LogP contribution in [0.1, 0.15) is 74.3 Å². The molecule has 22 heavy (non-hydrogen) atoms. The molecule has 0 bridgehead atoms. The number of carbonyl (C=O) groups is 1. The first kappa shape index (κ1) is 20.9. The summed E-state index contributed by atoms with van der Waals surface area (Å²) in [5.41, 5.74) is 0.724. The van der Waals surface area contributed by atoms with Crippen LogP contribution in [0.15, 0.2) is 30.3 Å². The van der Waals surface area contributed by atoms with Crippen molar-refractivity contribution in [1.82, 2.24) is 0 Å². The summed E-state index contributed by atoms with van der Waals surface area (Å²) in [6.07, 6.45) is 1.25. The third kappa shape index (κ3) is 4.97. The summed E-state index contributed by atoms with van der Waals surface area (Å²) in [5.74, 6) is 0.675. The molecule has 0 radical (unpaired) electrons. The molecular formula is C21H36O. The molecule has 1 aromatic carbocycles. The van der Waals surface area contributed by atoms with Gasteiger partial charge in [0.1, 0.15) is 5.78 Å². The van der Waals surface area contributed by atoms with Crippen LogP contribution >= 0.6 is 0 Å². The Morgan fingerprint density at radius 1 is 0.955 bits per heavy atom. The largest absolute Gasteiger partial charge is 0.298 e. The van der Waals surface area contributed by atoms with E-state index in [0.29, 0.717) is 5.78 Å². The summed E-state index contributed by atoms with van der Waals surface area (Å²) in [5, 5.41) is 0. The predicted molar refractivity (Wildman–Crippen MR) is 98.2 cm³/mol. The molecule has 0 fully saturated rings. The zero-order valence-electron chi connectivity index (χ0n) is 16.2. The van der Waals surface area contributed by atoms with E-state index in [4.69, 9.17) is 0 Å². The SMILES string of the molecule is CC(C(=O)C(C)(c1ccccc1)C(C)C)C(C)(C)C.CCC. The van der Waals surface area contributed by atoms with E-state index < -0.39 is 5.41 Å². The quantitative estimate of drug-likeness (QED) is 0.641. The Morgan fingerprint density at radius 3 is 1.68 bits per heavy atom. The lowest BCUT2D eigenvalue weighted by molar-refractivity contribution is -0.132. The minimum atomic E-state index is -0.409. The van der Waals surface area contributed by atoms with Crippen molar-refractivity contribution >= 4 is 5.78 Å². The molecule has 1 nitrogen and oxygen atoms in total. The highest BCUT2D eigenvalue weighted by Gasteiger charge is 2.43. The molecule has 0 spiro atoms. The minimum absolute atomic E-state index is 0.00200. The van der Waals surface area contributed by atoms with Crippen molar-refractivity contribution in [2.45, 2.75) is 74.1 Å². The van der Waals surface area contributed by atoms with E-state index in [1.54, 1.807) is 0 Å². The van der Waals surface area contributed by atoms with E-state index in [2.05, 4.69) is 74.4 Å². The Bertz CT molecular complexity index is 439. The van der Waals surface area contributed by atoms with E-state index >= 15 is 0 Å². The van der Waals surface area contributed by atoms with E-state index in [1.165, 1.54) is 6.42 Å². The van der Waals surface area contributed by atoms with Gasteiger partial charge in [-0.1, -0.05) is 92.1 Å². The molecule has 2 unspecified atom stereocenters. The number of rotatable bonds is 4. The van der Waals surface area contributed by atoms with Gasteiger partial charge >= 0.3 is 0 Å². The Labute approximate surface area is 138 Å². The molecule has 0 amide bonds. The zero-order chi connectivity index (χ0) is 17.6. The fourth-order valence-corrected chi connectivity index (χ4v) is 2.39. The molecule has 0 saturated carbocycles. The molecular weight excluding hydrogens is 268 g/mol. The second kappa shape index (κ2) is 8.50. The van der Waals surface area contributed by atoms with Crippen LogP contribution in [0.3, 0.4) is 0 Å². The second-order valence-electron chi connectivity index (χ2n) is 7.88. The first-order valence-corrected chi connectivity index (χ1v) is 8.63. The van der Waals surface area contributed by atoms with Crippen LogP contribution in [-0.4, -0.2) is 5.78 Å². The highest BCUT2D eigenvalue weighted by Crippen LogP contribution is 2.39. The highest BCUT2D eigenvalue weighted by molar-refractivity contribution is 5.92. The normalized spacial score (nSPS) is 15.5. The number of ketones is 1. The van der Waals surface area contributed by atoms with E-state index in [9.17, 15) is 4.79 Å². The van der Waals surface area contributed by atoms with Gasteiger partial charge in [-0.2, -0.15) is 0 Å². The minimum Gasteiger partial charge on any atom is -0.298 e. The molecule has 0 aliphatic heterocycles. The third-order valence-electron chi connectivity index (χ3n) is 4.73. The average Bonchev–Trinajstić information content (AvgIpc) is 2.45. The van der Waals surface area contributed by atoms with Crippen LogP contribution < -0.4 is 0 Å². The van der Waals surface area contributed by atoms with Crippen LogP contribution in [0, 0.1) is 17.3 Å². The van der Waals surface area contributed by atoms with Crippen LogP contribution in [0.5, 0.6) is 0 Å². The summed E-state index contributed by atoms with van der Waals surface area (Å²) in [6, 6.07) is 10.2. The van der Waals surface area contributed by atoms with Crippen LogP contribution in [0.4, 0.5) is 0 Å². The average molecular weight is 305 g/mol.